The van der Waals surface area contributed by atoms with E-state index in [1.165, 1.54) is 13.0 Å². The summed E-state index contributed by atoms with van der Waals surface area (Å²) < 4.78 is 7.74. The van der Waals surface area contributed by atoms with Crippen molar-refractivity contribution in [3.8, 4) is 0 Å². The van der Waals surface area contributed by atoms with Crippen LogP contribution in [0.4, 0.5) is 0 Å². The van der Waals surface area contributed by atoms with Crippen LogP contribution in [0.25, 0.3) is 0 Å². The first kappa shape index (κ1) is 3.62. The summed E-state index contributed by atoms with van der Waals surface area (Å²) in [4.78, 5) is 0. The van der Waals surface area contributed by atoms with Crippen LogP contribution in [0.5, 0.6) is 0 Å². The molecule has 0 aromatic heterocycles. The molecule has 0 aromatic rings. The van der Waals surface area contributed by atoms with Gasteiger partial charge in [-0.3, -0.25) is 0 Å². The van der Waals surface area contributed by atoms with Crippen molar-refractivity contribution in [3.05, 3.63) is 0 Å². The predicted molar refractivity (Wildman–Crippen MR) is 28.0 cm³/mol. The van der Waals surface area contributed by atoms with E-state index in [0.717, 1.165) is 12.6 Å². The lowest BCUT2D eigenvalue weighted by Crippen LogP contribution is -2.54. The van der Waals surface area contributed by atoms with E-state index in [-0.39, 0.29) is 0 Å². The molecule has 1 aliphatic carbocycles. The SMILES string of the molecule is C1C2OC[N+]3=C2[C@H]1C3. The average molecular weight is 110 g/mol. The van der Waals surface area contributed by atoms with Gasteiger partial charge in [0.15, 0.2) is 12.3 Å². The summed E-state index contributed by atoms with van der Waals surface area (Å²) in [6, 6.07) is 0. The van der Waals surface area contributed by atoms with Crippen molar-refractivity contribution in [1.29, 1.82) is 0 Å². The van der Waals surface area contributed by atoms with E-state index in [4.69, 9.17) is 4.74 Å². The van der Waals surface area contributed by atoms with Crippen LogP contribution in [0, 0.1) is 5.92 Å². The fourth-order valence-corrected chi connectivity index (χ4v) is 1.95. The van der Waals surface area contributed by atoms with Gasteiger partial charge in [0, 0.05) is 6.42 Å². The normalized spacial score (nSPS) is 48.0. The predicted octanol–water partition coefficient (Wildman–Crippen LogP) is -0.170. The Morgan fingerprint density at radius 3 is 3.25 bits per heavy atom. The van der Waals surface area contributed by atoms with E-state index in [1.807, 2.05) is 0 Å². The Bertz CT molecular complexity index is 181. The Kier molecular flexibility index (Phi) is 0.389. The van der Waals surface area contributed by atoms with Crippen molar-refractivity contribution < 1.29 is 9.31 Å². The molecule has 0 spiro atoms. The van der Waals surface area contributed by atoms with Crippen LogP contribution in [0.2, 0.25) is 0 Å². The minimum atomic E-state index is 0.564. The molecule has 1 fully saturated rings. The molecule has 1 unspecified atom stereocenters. The number of hydrogen-bond donors (Lipinski definition) is 0. The molecule has 0 bridgehead atoms. The van der Waals surface area contributed by atoms with Gasteiger partial charge in [-0.1, -0.05) is 0 Å². The third-order valence-corrected chi connectivity index (χ3v) is 2.48. The number of ether oxygens (including phenoxy) is 1. The van der Waals surface area contributed by atoms with Gasteiger partial charge in [0.05, 0.1) is 0 Å². The smallest absolute Gasteiger partial charge is 0.248 e. The molecule has 2 aliphatic heterocycles. The van der Waals surface area contributed by atoms with E-state index in [2.05, 4.69) is 4.58 Å². The van der Waals surface area contributed by atoms with Gasteiger partial charge in [-0.15, -0.1) is 0 Å². The fourth-order valence-electron chi connectivity index (χ4n) is 1.95. The Morgan fingerprint density at radius 2 is 2.62 bits per heavy atom. The van der Waals surface area contributed by atoms with Crippen LogP contribution >= 0.6 is 0 Å². The topological polar surface area (TPSA) is 12.2 Å². The highest BCUT2D eigenvalue weighted by molar-refractivity contribution is 5.95. The lowest BCUT2D eigenvalue weighted by atomic mass is 9.75. The molecule has 3 rings (SSSR count). The highest BCUT2D eigenvalue weighted by Crippen LogP contribution is 2.37. The number of hydrogen-bond acceptors (Lipinski definition) is 1. The van der Waals surface area contributed by atoms with Crippen LogP contribution < -0.4 is 0 Å². The molecule has 0 saturated heterocycles. The largest absolute Gasteiger partial charge is 0.309 e. The van der Waals surface area contributed by atoms with Gasteiger partial charge in [0.1, 0.15) is 12.0 Å². The molecular formula is C6H8NO+. The van der Waals surface area contributed by atoms with Crippen molar-refractivity contribution in [2.24, 2.45) is 5.92 Å². The Morgan fingerprint density at radius 1 is 1.62 bits per heavy atom. The lowest BCUT2D eigenvalue weighted by Gasteiger charge is -2.32. The minimum Gasteiger partial charge on any atom is -0.309 e. The molecule has 0 amide bonds. The van der Waals surface area contributed by atoms with Crippen molar-refractivity contribution in [2.45, 2.75) is 12.5 Å². The third kappa shape index (κ3) is 0.199. The van der Waals surface area contributed by atoms with Gasteiger partial charge in [0.25, 0.3) is 0 Å². The van der Waals surface area contributed by atoms with Gasteiger partial charge >= 0.3 is 0 Å². The molecule has 1 saturated carbocycles. The Hall–Kier alpha value is -0.370. The second-order valence-corrected chi connectivity index (χ2v) is 2.86. The zero-order valence-corrected chi connectivity index (χ0v) is 4.63. The van der Waals surface area contributed by atoms with Crippen molar-refractivity contribution in [2.75, 3.05) is 13.3 Å². The summed E-state index contributed by atoms with van der Waals surface area (Å²) in [5.74, 6) is 0.947. The first-order valence-corrected chi connectivity index (χ1v) is 3.18. The highest BCUT2D eigenvalue weighted by atomic mass is 16.5. The number of rotatable bonds is 0. The lowest BCUT2D eigenvalue weighted by molar-refractivity contribution is -0.577. The third-order valence-electron chi connectivity index (χ3n) is 2.48. The summed E-state index contributed by atoms with van der Waals surface area (Å²) in [6.07, 6.45) is 1.87. The summed E-state index contributed by atoms with van der Waals surface area (Å²) in [5, 5.41) is 0. The van der Waals surface area contributed by atoms with Gasteiger partial charge in [-0.2, -0.15) is 0 Å². The molecular weight excluding hydrogens is 102 g/mol. The molecule has 42 valence electrons. The molecule has 0 N–H and O–H groups in total. The maximum atomic E-state index is 5.39. The molecule has 3 aliphatic rings. The maximum Gasteiger partial charge on any atom is 0.248 e. The second kappa shape index (κ2) is 0.860. The van der Waals surface area contributed by atoms with Gasteiger partial charge in [-0.25, -0.2) is 4.58 Å². The quantitative estimate of drug-likeness (QED) is 0.394. The van der Waals surface area contributed by atoms with E-state index >= 15 is 0 Å². The van der Waals surface area contributed by atoms with Crippen molar-refractivity contribution >= 4 is 5.71 Å². The van der Waals surface area contributed by atoms with E-state index in [1.54, 1.807) is 5.71 Å². The van der Waals surface area contributed by atoms with E-state index in [9.17, 15) is 0 Å². The Labute approximate surface area is 47.8 Å². The zero-order chi connectivity index (χ0) is 5.14. The monoisotopic (exact) mass is 110 g/mol. The average Bonchev–Trinajstić information content (AvgIpc) is 2.02. The molecule has 2 atom stereocenters. The molecule has 8 heavy (non-hydrogen) atoms. The number of nitrogens with zero attached hydrogens (tertiary/aromatic N) is 1. The van der Waals surface area contributed by atoms with E-state index < -0.39 is 0 Å². The minimum absolute atomic E-state index is 0.564. The van der Waals surface area contributed by atoms with Crippen LogP contribution in [0.1, 0.15) is 6.42 Å². The van der Waals surface area contributed by atoms with Crippen LogP contribution in [-0.4, -0.2) is 29.7 Å². The molecule has 2 heterocycles. The molecule has 0 radical (unpaired) electrons. The zero-order valence-electron chi connectivity index (χ0n) is 4.63. The van der Waals surface area contributed by atoms with Gasteiger partial charge in [0.2, 0.25) is 6.73 Å². The Balaban J connectivity index is 2.16. The van der Waals surface area contributed by atoms with Crippen molar-refractivity contribution in [3.63, 3.8) is 0 Å². The molecule has 2 nitrogen and oxygen atoms in total. The molecule has 2 heteroatoms. The second-order valence-electron chi connectivity index (χ2n) is 2.86. The van der Waals surface area contributed by atoms with Crippen LogP contribution in [0.15, 0.2) is 0 Å². The van der Waals surface area contributed by atoms with Crippen molar-refractivity contribution in [1.82, 2.24) is 0 Å². The summed E-state index contributed by atoms with van der Waals surface area (Å²) in [5.41, 5.74) is 1.60. The summed E-state index contributed by atoms with van der Waals surface area (Å²) in [6.45, 7) is 2.17. The van der Waals surface area contributed by atoms with E-state index in [0.29, 0.717) is 6.10 Å². The first-order chi connectivity index (χ1) is 3.95. The van der Waals surface area contributed by atoms with Gasteiger partial charge < -0.3 is 4.74 Å². The summed E-state index contributed by atoms with van der Waals surface area (Å²) in [7, 11) is 0. The molecule has 0 aromatic carbocycles. The van der Waals surface area contributed by atoms with Crippen LogP contribution in [0.3, 0.4) is 0 Å². The first-order valence-electron chi connectivity index (χ1n) is 3.18. The van der Waals surface area contributed by atoms with Crippen LogP contribution in [-0.2, 0) is 4.74 Å². The maximum absolute atomic E-state index is 5.39. The summed E-state index contributed by atoms with van der Waals surface area (Å²) >= 11 is 0. The standard InChI is InChI=1S/C6H8NO/c1-4-2-7-3-8-5(1)6(4)7/h4-5H,1-3H2/q+1/t4-,5?/m1/s1. The van der Waals surface area contributed by atoms with Gasteiger partial charge in [-0.05, 0) is 0 Å². The highest BCUT2D eigenvalue weighted by Gasteiger charge is 2.58. The fraction of sp³-hybridized carbons (Fsp3) is 0.833.